The van der Waals surface area contributed by atoms with Crippen molar-refractivity contribution in [2.75, 3.05) is 0 Å². The van der Waals surface area contributed by atoms with Gasteiger partial charge < -0.3 is 5.73 Å². The van der Waals surface area contributed by atoms with E-state index in [4.69, 9.17) is 5.73 Å². The molecular weight excluding hydrogens is 289 g/mol. The van der Waals surface area contributed by atoms with Crippen LogP contribution < -0.4 is 5.73 Å². The number of carbonyl (C=O) groups is 1. The molecule has 17 heavy (non-hydrogen) atoms. The van der Waals surface area contributed by atoms with Gasteiger partial charge in [-0.2, -0.15) is 0 Å². The first-order chi connectivity index (χ1) is 8.08. The van der Waals surface area contributed by atoms with Gasteiger partial charge in [-0.25, -0.2) is 14.4 Å². The lowest BCUT2D eigenvalue weighted by Crippen LogP contribution is -2.15. The van der Waals surface area contributed by atoms with Gasteiger partial charge in [-0.05, 0) is 24.3 Å². The van der Waals surface area contributed by atoms with Crippen molar-refractivity contribution in [1.82, 2.24) is 9.97 Å². The van der Waals surface area contributed by atoms with Crippen molar-refractivity contribution in [3.63, 3.8) is 0 Å². The predicted molar refractivity (Wildman–Crippen MR) is 63.6 cm³/mol. The first-order valence-electron chi connectivity index (χ1n) is 4.66. The molecule has 1 aromatic heterocycles. The van der Waals surface area contributed by atoms with Crippen molar-refractivity contribution in [2.24, 2.45) is 5.73 Å². The molecule has 0 spiro atoms. The SMILES string of the molecule is NC(=O)c1nccc(-c2cc(Br)ccc2F)n1. The lowest BCUT2D eigenvalue weighted by molar-refractivity contribution is 0.0990. The number of hydrogen-bond acceptors (Lipinski definition) is 3. The Labute approximate surface area is 105 Å². The number of aromatic nitrogens is 2. The summed E-state index contributed by atoms with van der Waals surface area (Å²) in [5.41, 5.74) is 5.66. The van der Waals surface area contributed by atoms with Gasteiger partial charge in [0.2, 0.25) is 5.82 Å². The molecule has 4 nitrogen and oxygen atoms in total. The molecule has 0 radical (unpaired) electrons. The van der Waals surface area contributed by atoms with E-state index in [1.54, 1.807) is 12.1 Å². The van der Waals surface area contributed by atoms with Crippen LogP contribution in [0.3, 0.4) is 0 Å². The van der Waals surface area contributed by atoms with Crippen LogP contribution >= 0.6 is 15.9 Å². The van der Waals surface area contributed by atoms with Crippen molar-refractivity contribution in [2.45, 2.75) is 0 Å². The normalized spacial score (nSPS) is 10.2. The lowest BCUT2D eigenvalue weighted by Gasteiger charge is -2.04. The number of carbonyl (C=O) groups excluding carboxylic acids is 1. The second kappa shape index (κ2) is 4.58. The number of amides is 1. The molecule has 1 heterocycles. The van der Waals surface area contributed by atoms with Crippen molar-refractivity contribution >= 4 is 21.8 Å². The van der Waals surface area contributed by atoms with Gasteiger partial charge in [-0.15, -0.1) is 0 Å². The smallest absolute Gasteiger partial charge is 0.286 e. The number of rotatable bonds is 2. The molecule has 0 fully saturated rings. The largest absolute Gasteiger partial charge is 0.363 e. The average molecular weight is 296 g/mol. The van der Waals surface area contributed by atoms with Crippen molar-refractivity contribution < 1.29 is 9.18 Å². The first-order valence-corrected chi connectivity index (χ1v) is 5.45. The molecule has 2 N–H and O–H groups in total. The van der Waals surface area contributed by atoms with Gasteiger partial charge in [-0.3, -0.25) is 4.79 Å². The van der Waals surface area contributed by atoms with E-state index in [1.807, 2.05) is 0 Å². The summed E-state index contributed by atoms with van der Waals surface area (Å²) in [4.78, 5) is 18.5. The molecule has 1 amide bonds. The molecule has 2 rings (SSSR count). The van der Waals surface area contributed by atoms with Gasteiger partial charge in [0.15, 0.2) is 0 Å². The molecule has 2 aromatic rings. The molecule has 1 aromatic carbocycles. The Hall–Kier alpha value is -1.82. The van der Waals surface area contributed by atoms with E-state index in [1.165, 1.54) is 18.3 Å². The second-order valence-corrected chi connectivity index (χ2v) is 4.17. The Balaban J connectivity index is 2.56. The number of primary amides is 1. The highest BCUT2D eigenvalue weighted by Crippen LogP contribution is 2.24. The highest BCUT2D eigenvalue weighted by molar-refractivity contribution is 9.10. The van der Waals surface area contributed by atoms with Crippen LogP contribution in [0.5, 0.6) is 0 Å². The molecule has 0 atom stereocenters. The molecular formula is C11H7BrFN3O. The van der Waals surface area contributed by atoms with Gasteiger partial charge in [0.1, 0.15) is 5.82 Å². The number of hydrogen-bond donors (Lipinski definition) is 1. The summed E-state index contributed by atoms with van der Waals surface area (Å²) in [5, 5.41) is 0. The predicted octanol–water partition coefficient (Wildman–Crippen LogP) is 2.14. The van der Waals surface area contributed by atoms with Crippen molar-refractivity contribution in [3.05, 3.63) is 46.6 Å². The standard InChI is InChI=1S/C11H7BrFN3O/c12-6-1-2-8(13)7(5-6)9-3-4-15-11(16-9)10(14)17/h1-5H,(H2,14,17). The Kier molecular flexibility index (Phi) is 3.14. The van der Waals surface area contributed by atoms with Gasteiger partial charge in [0, 0.05) is 16.2 Å². The molecule has 0 bridgehead atoms. The second-order valence-electron chi connectivity index (χ2n) is 3.25. The topological polar surface area (TPSA) is 68.9 Å². The Morgan fingerprint density at radius 3 is 2.82 bits per heavy atom. The monoisotopic (exact) mass is 295 g/mol. The Morgan fingerprint density at radius 1 is 1.35 bits per heavy atom. The number of halogens is 2. The fourth-order valence-electron chi connectivity index (χ4n) is 1.32. The average Bonchev–Trinajstić information content (AvgIpc) is 2.32. The molecule has 0 unspecified atom stereocenters. The molecule has 0 aliphatic rings. The lowest BCUT2D eigenvalue weighted by atomic mass is 10.1. The molecule has 0 saturated carbocycles. The van der Waals surface area contributed by atoms with E-state index in [0.29, 0.717) is 10.2 Å². The van der Waals surface area contributed by atoms with Crippen LogP contribution in [0.4, 0.5) is 4.39 Å². The first kappa shape index (κ1) is 11.7. The van der Waals surface area contributed by atoms with Crippen LogP contribution in [-0.4, -0.2) is 15.9 Å². The third-order valence-corrected chi connectivity index (χ3v) is 2.57. The Morgan fingerprint density at radius 2 is 2.12 bits per heavy atom. The number of benzene rings is 1. The highest BCUT2D eigenvalue weighted by Gasteiger charge is 2.10. The summed E-state index contributed by atoms with van der Waals surface area (Å²) in [7, 11) is 0. The molecule has 0 aliphatic carbocycles. The molecule has 0 saturated heterocycles. The van der Waals surface area contributed by atoms with Crippen LogP contribution in [0.15, 0.2) is 34.9 Å². The van der Waals surface area contributed by atoms with Crippen LogP contribution in [-0.2, 0) is 0 Å². The maximum Gasteiger partial charge on any atom is 0.286 e. The summed E-state index contributed by atoms with van der Waals surface area (Å²) in [6, 6.07) is 5.97. The highest BCUT2D eigenvalue weighted by atomic mass is 79.9. The molecule has 6 heteroatoms. The van der Waals surface area contributed by atoms with Gasteiger partial charge in [-0.1, -0.05) is 15.9 Å². The maximum absolute atomic E-state index is 13.6. The van der Waals surface area contributed by atoms with E-state index in [9.17, 15) is 9.18 Å². The van der Waals surface area contributed by atoms with Crippen molar-refractivity contribution in [1.29, 1.82) is 0 Å². The minimum Gasteiger partial charge on any atom is -0.363 e. The van der Waals surface area contributed by atoms with Crippen LogP contribution in [0.2, 0.25) is 0 Å². The van der Waals surface area contributed by atoms with E-state index >= 15 is 0 Å². The zero-order chi connectivity index (χ0) is 12.4. The minimum atomic E-state index is -0.748. The fraction of sp³-hybridized carbons (Fsp3) is 0. The quantitative estimate of drug-likeness (QED) is 0.923. The van der Waals surface area contributed by atoms with E-state index < -0.39 is 11.7 Å². The summed E-state index contributed by atoms with van der Waals surface area (Å²) >= 11 is 3.24. The molecule has 86 valence electrons. The van der Waals surface area contributed by atoms with E-state index in [-0.39, 0.29) is 11.4 Å². The third kappa shape index (κ3) is 2.47. The van der Waals surface area contributed by atoms with Gasteiger partial charge in [0.25, 0.3) is 5.91 Å². The summed E-state index contributed by atoms with van der Waals surface area (Å²) < 4.78 is 14.3. The van der Waals surface area contributed by atoms with Crippen LogP contribution in [0.25, 0.3) is 11.3 Å². The zero-order valence-corrected chi connectivity index (χ0v) is 10.1. The molecule has 0 aliphatic heterocycles. The Bertz CT molecular complexity index is 589. The summed E-state index contributed by atoms with van der Waals surface area (Å²) in [6.45, 7) is 0. The summed E-state index contributed by atoms with van der Waals surface area (Å²) in [6.07, 6.45) is 1.36. The van der Waals surface area contributed by atoms with Crippen molar-refractivity contribution in [3.8, 4) is 11.3 Å². The zero-order valence-electron chi connectivity index (χ0n) is 8.52. The van der Waals surface area contributed by atoms with E-state index in [2.05, 4.69) is 25.9 Å². The fourth-order valence-corrected chi connectivity index (χ4v) is 1.68. The van der Waals surface area contributed by atoms with Gasteiger partial charge >= 0.3 is 0 Å². The van der Waals surface area contributed by atoms with Gasteiger partial charge in [0.05, 0.1) is 5.69 Å². The van der Waals surface area contributed by atoms with Crippen LogP contribution in [0, 0.1) is 5.82 Å². The number of nitrogens with two attached hydrogens (primary N) is 1. The van der Waals surface area contributed by atoms with Crippen LogP contribution in [0.1, 0.15) is 10.6 Å². The minimum absolute atomic E-state index is 0.137. The summed E-state index contributed by atoms with van der Waals surface area (Å²) in [5.74, 6) is -1.31. The number of nitrogens with zero attached hydrogens (tertiary/aromatic N) is 2. The maximum atomic E-state index is 13.6. The van der Waals surface area contributed by atoms with E-state index in [0.717, 1.165) is 0 Å². The third-order valence-electron chi connectivity index (χ3n) is 2.08.